The van der Waals surface area contributed by atoms with Gasteiger partial charge in [0.1, 0.15) is 40.6 Å². The Kier molecular flexibility index (Phi) is 6.92. The van der Waals surface area contributed by atoms with E-state index in [-0.39, 0.29) is 49.4 Å². The third kappa shape index (κ3) is 4.85. The van der Waals surface area contributed by atoms with Crippen LogP contribution in [-0.4, -0.2) is 31.3 Å². The molecule has 6 aromatic rings. The first-order chi connectivity index (χ1) is 21.5. The number of phenolic OH excluding ortho intramolecular Hbond substituents is 1. The Labute approximate surface area is 255 Å². The molecule has 4 aromatic carbocycles. The van der Waals surface area contributed by atoms with Gasteiger partial charge in [-0.25, -0.2) is 22.8 Å². The van der Waals surface area contributed by atoms with Crippen LogP contribution in [0.4, 0.5) is 13.2 Å². The van der Waals surface area contributed by atoms with Gasteiger partial charge in [-0.2, -0.15) is 10.5 Å². The van der Waals surface area contributed by atoms with Gasteiger partial charge in [0.25, 0.3) is 0 Å². The zero-order chi connectivity index (χ0) is 32.2. The highest BCUT2D eigenvalue weighted by molar-refractivity contribution is 6.31. The summed E-state index contributed by atoms with van der Waals surface area (Å²) < 4.78 is 50.2. The molecule has 0 aliphatic carbocycles. The van der Waals surface area contributed by atoms with Crippen LogP contribution in [0.1, 0.15) is 31.8 Å². The van der Waals surface area contributed by atoms with Gasteiger partial charge in [-0.3, -0.25) is 0 Å². The number of phenols is 1. The number of hydrogen-bond acceptors (Lipinski definition) is 6. The zero-order valence-electron chi connectivity index (χ0n) is 22.3. The average Bonchev–Trinajstić information content (AvgIpc) is 3.54. The van der Waals surface area contributed by atoms with Gasteiger partial charge < -0.3 is 24.1 Å². The van der Waals surface area contributed by atoms with Crippen LogP contribution >= 0.6 is 11.6 Å². The highest BCUT2D eigenvalue weighted by Gasteiger charge is 2.22. The van der Waals surface area contributed by atoms with Gasteiger partial charge in [-0.15, -0.1) is 0 Å². The lowest BCUT2D eigenvalue weighted by atomic mass is 10.1. The molecular formula is C32H14ClF3N4O5. The molecule has 0 spiro atoms. The number of carbonyl (C=O) groups excluding carboxylic acids is 1. The largest absolute Gasteiger partial charge is 0.507 e. The molecule has 0 bridgehead atoms. The molecule has 13 heteroatoms. The smallest absolute Gasteiger partial charge is 0.347 e. The number of aromatic carboxylic acids is 1. The maximum absolute atomic E-state index is 14.1. The van der Waals surface area contributed by atoms with E-state index in [1.807, 2.05) is 12.1 Å². The number of halogens is 4. The van der Waals surface area contributed by atoms with Gasteiger partial charge in [0, 0.05) is 52.7 Å². The van der Waals surface area contributed by atoms with Crippen molar-refractivity contribution in [1.29, 1.82) is 10.5 Å². The standard InChI is InChI=1S/C32H14ClF3N4O5/c33-23-9-27-21(7-24(23)34)15(11-37)13-39(27)17-1-3-19(29(41)5-17)32(44)45-30-6-18(2-4-20(30)31(42)43)40-14-16(12-38)22-8-25(35)26(36)10-28(22)40/h1-10,13-14,41H,(H,42,43). The molecule has 0 atom stereocenters. The quantitative estimate of drug-likeness (QED) is 0.155. The maximum atomic E-state index is 14.1. The molecule has 6 rings (SSSR count). The third-order valence-electron chi connectivity index (χ3n) is 7.09. The second-order valence-corrected chi connectivity index (χ2v) is 10.1. The van der Waals surface area contributed by atoms with Crippen molar-refractivity contribution in [2.24, 2.45) is 0 Å². The Hall–Kier alpha value is -6.24. The lowest BCUT2D eigenvalue weighted by Gasteiger charge is -2.13. The van der Waals surface area contributed by atoms with Crippen LogP contribution in [0, 0.1) is 40.1 Å². The summed E-state index contributed by atoms with van der Waals surface area (Å²) in [5, 5.41) is 39.6. The molecule has 0 fully saturated rings. The summed E-state index contributed by atoms with van der Waals surface area (Å²) in [6.45, 7) is 0. The molecule has 0 saturated carbocycles. The van der Waals surface area contributed by atoms with Crippen molar-refractivity contribution >= 4 is 45.3 Å². The Morgan fingerprint density at radius 1 is 0.756 bits per heavy atom. The fourth-order valence-electron chi connectivity index (χ4n) is 4.96. The lowest BCUT2D eigenvalue weighted by Crippen LogP contribution is -2.12. The van der Waals surface area contributed by atoms with E-state index in [9.17, 15) is 43.5 Å². The number of carbonyl (C=O) groups is 2. The number of ether oxygens (including phenoxy) is 1. The minimum Gasteiger partial charge on any atom is -0.507 e. The molecule has 220 valence electrons. The molecule has 45 heavy (non-hydrogen) atoms. The number of aromatic hydroxyl groups is 1. The van der Waals surface area contributed by atoms with Gasteiger partial charge >= 0.3 is 11.9 Å². The van der Waals surface area contributed by atoms with Crippen LogP contribution in [-0.2, 0) is 0 Å². The van der Waals surface area contributed by atoms with E-state index in [1.165, 1.54) is 51.9 Å². The number of nitriles is 2. The van der Waals surface area contributed by atoms with Gasteiger partial charge in [-0.05, 0) is 42.5 Å². The van der Waals surface area contributed by atoms with Gasteiger partial charge in [0.05, 0.1) is 27.2 Å². The summed E-state index contributed by atoms with van der Waals surface area (Å²) in [5.74, 6) is -6.65. The summed E-state index contributed by atoms with van der Waals surface area (Å²) in [6.07, 6.45) is 2.69. The number of esters is 1. The number of carboxylic acid groups (broad SMARTS) is 1. The first-order valence-corrected chi connectivity index (χ1v) is 13.1. The van der Waals surface area contributed by atoms with Crippen molar-refractivity contribution < 1.29 is 37.7 Å². The molecule has 0 saturated heterocycles. The highest BCUT2D eigenvalue weighted by atomic mass is 35.5. The first-order valence-electron chi connectivity index (χ1n) is 12.7. The molecule has 0 radical (unpaired) electrons. The van der Waals surface area contributed by atoms with Crippen molar-refractivity contribution in [2.75, 3.05) is 0 Å². The topological polar surface area (TPSA) is 141 Å². The SMILES string of the molecule is N#Cc1cn(-c2ccc(C(=O)O)c(OC(=O)c3ccc(-n4cc(C#N)c5cc(F)c(Cl)cc54)cc3O)c2)c2cc(F)c(F)cc12. The molecule has 0 aliphatic heterocycles. The number of hydrogen-bond donors (Lipinski definition) is 2. The first kappa shape index (κ1) is 28.9. The molecular weight excluding hydrogens is 613 g/mol. The van der Waals surface area contributed by atoms with Crippen molar-refractivity contribution in [3.05, 3.63) is 118 Å². The highest BCUT2D eigenvalue weighted by Crippen LogP contribution is 2.33. The fraction of sp³-hybridized carbons (Fsp3) is 0. The van der Waals surface area contributed by atoms with Crippen LogP contribution in [0.25, 0.3) is 33.2 Å². The summed E-state index contributed by atoms with van der Waals surface area (Å²) in [5.41, 5.74) is 0.261. The number of aromatic nitrogens is 2. The second-order valence-electron chi connectivity index (χ2n) is 9.69. The van der Waals surface area contributed by atoms with Crippen LogP contribution in [0.2, 0.25) is 5.02 Å². The summed E-state index contributed by atoms with van der Waals surface area (Å²) in [4.78, 5) is 25.1. The van der Waals surface area contributed by atoms with E-state index in [4.69, 9.17) is 16.3 Å². The molecule has 2 aromatic heterocycles. The lowest BCUT2D eigenvalue weighted by molar-refractivity contribution is 0.0681. The van der Waals surface area contributed by atoms with Crippen LogP contribution in [0.15, 0.2) is 73.1 Å². The molecule has 0 unspecified atom stereocenters. The Balaban J connectivity index is 1.38. The van der Waals surface area contributed by atoms with E-state index in [0.717, 1.165) is 30.3 Å². The number of fused-ring (bicyclic) bond motifs is 2. The monoisotopic (exact) mass is 626 g/mol. The van der Waals surface area contributed by atoms with E-state index in [2.05, 4.69) is 0 Å². The minimum absolute atomic E-state index is 0.0135. The maximum Gasteiger partial charge on any atom is 0.347 e. The summed E-state index contributed by atoms with van der Waals surface area (Å²) in [6, 6.07) is 15.4. The van der Waals surface area contributed by atoms with Crippen molar-refractivity contribution in [2.45, 2.75) is 0 Å². The van der Waals surface area contributed by atoms with Gasteiger partial charge in [-0.1, -0.05) is 11.6 Å². The van der Waals surface area contributed by atoms with E-state index >= 15 is 0 Å². The zero-order valence-corrected chi connectivity index (χ0v) is 23.1. The van der Waals surface area contributed by atoms with Crippen molar-refractivity contribution in [3.8, 4) is 35.0 Å². The van der Waals surface area contributed by atoms with Crippen molar-refractivity contribution in [1.82, 2.24) is 9.13 Å². The fourth-order valence-corrected chi connectivity index (χ4v) is 5.12. The predicted molar refractivity (Wildman–Crippen MR) is 154 cm³/mol. The average molecular weight is 627 g/mol. The second kappa shape index (κ2) is 10.8. The molecule has 0 aliphatic rings. The van der Waals surface area contributed by atoms with Crippen LogP contribution in [0.5, 0.6) is 11.5 Å². The summed E-state index contributed by atoms with van der Waals surface area (Å²) >= 11 is 5.94. The number of nitrogens with zero attached hydrogens (tertiary/aromatic N) is 4. The minimum atomic E-state index is -1.45. The van der Waals surface area contributed by atoms with Crippen LogP contribution < -0.4 is 4.74 Å². The van der Waals surface area contributed by atoms with E-state index < -0.39 is 46.5 Å². The Bertz CT molecular complexity index is 2350. The Morgan fingerprint density at radius 3 is 1.87 bits per heavy atom. The normalized spacial score (nSPS) is 11.0. The third-order valence-corrected chi connectivity index (χ3v) is 7.38. The van der Waals surface area contributed by atoms with Crippen LogP contribution in [0.3, 0.4) is 0 Å². The molecule has 9 nitrogen and oxygen atoms in total. The Morgan fingerprint density at radius 2 is 1.29 bits per heavy atom. The number of carboxylic acids is 1. The predicted octanol–water partition coefficient (Wildman–Crippen LogP) is 7.01. The van der Waals surface area contributed by atoms with Crippen molar-refractivity contribution in [3.63, 3.8) is 0 Å². The molecule has 0 amide bonds. The number of benzene rings is 4. The van der Waals surface area contributed by atoms with Gasteiger partial charge in [0.15, 0.2) is 11.6 Å². The van der Waals surface area contributed by atoms with E-state index in [0.29, 0.717) is 5.52 Å². The number of rotatable bonds is 5. The van der Waals surface area contributed by atoms with E-state index in [1.54, 1.807) is 0 Å². The summed E-state index contributed by atoms with van der Waals surface area (Å²) in [7, 11) is 0. The molecule has 2 heterocycles. The molecule has 2 N–H and O–H groups in total. The van der Waals surface area contributed by atoms with Gasteiger partial charge in [0.2, 0.25) is 0 Å².